The number of carbonyl (C=O) groups is 1. The number of rotatable bonds is 3. The minimum Gasteiger partial charge on any atom is -0.335 e. The summed E-state index contributed by atoms with van der Waals surface area (Å²) in [6.07, 6.45) is -4.61. The number of aryl methyl sites for hydroxylation is 1. The summed E-state index contributed by atoms with van der Waals surface area (Å²) in [6.45, 7) is 3.97. The third-order valence-electron chi connectivity index (χ3n) is 5.02. The van der Waals surface area contributed by atoms with E-state index in [0.717, 1.165) is 11.6 Å². The van der Waals surface area contributed by atoms with Gasteiger partial charge in [0.25, 0.3) is 5.91 Å². The molecule has 0 saturated carbocycles. The molecule has 4 rings (SSSR count). The van der Waals surface area contributed by atoms with Gasteiger partial charge in [-0.1, -0.05) is 12.1 Å². The van der Waals surface area contributed by atoms with Gasteiger partial charge in [-0.2, -0.15) is 18.3 Å². The summed E-state index contributed by atoms with van der Waals surface area (Å²) in [5.74, 6) is -0.730. The highest BCUT2D eigenvalue weighted by Crippen LogP contribution is 2.30. The number of hydrogen-bond donors (Lipinski definition) is 0. The third-order valence-corrected chi connectivity index (χ3v) is 5.02. The van der Waals surface area contributed by atoms with Crippen molar-refractivity contribution in [1.82, 2.24) is 24.4 Å². The lowest BCUT2D eigenvalue weighted by molar-refractivity contribution is -0.142. The highest BCUT2D eigenvalue weighted by molar-refractivity contribution is 5.93. The average Bonchev–Trinajstić information content (AvgIpc) is 3.10. The minimum absolute atomic E-state index is 0.0181. The summed E-state index contributed by atoms with van der Waals surface area (Å²) >= 11 is 0. The van der Waals surface area contributed by atoms with Crippen molar-refractivity contribution in [3.63, 3.8) is 0 Å². The van der Waals surface area contributed by atoms with Crippen LogP contribution in [0.2, 0.25) is 0 Å². The van der Waals surface area contributed by atoms with Crippen molar-refractivity contribution in [3.8, 4) is 0 Å². The van der Waals surface area contributed by atoms with Crippen molar-refractivity contribution in [2.45, 2.75) is 19.6 Å². The molecule has 10 heteroatoms. The standard InChI is InChI=1S/C20H19F4N5O/c1-13-9-17(20(22,23)24)29-18(25-13)11-16(26-29)19(30)28-7-5-27(6-8-28)12-14-3-2-4-15(21)10-14/h2-4,9-11H,5-8,12H2,1H3. The molecule has 30 heavy (non-hydrogen) atoms. The third kappa shape index (κ3) is 4.13. The molecule has 1 aliphatic rings. The Morgan fingerprint density at radius 3 is 2.50 bits per heavy atom. The molecule has 3 heterocycles. The van der Waals surface area contributed by atoms with Crippen LogP contribution in [0.25, 0.3) is 5.65 Å². The van der Waals surface area contributed by atoms with Gasteiger partial charge in [0.05, 0.1) is 0 Å². The first-order valence-electron chi connectivity index (χ1n) is 9.41. The summed E-state index contributed by atoms with van der Waals surface area (Å²) in [5.41, 5.74) is -0.0208. The molecule has 3 aromatic rings. The van der Waals surface area contributed by atoms with Gasteiger partial charge >= 0.3 is 6.18 Å². The van der Waals surface area contributed by atoms with Crippen LogP contribution in [0.3, 0.4) is 0 Å². The maximum atomic E-state index is 13.3. The Balaban J connectivity index is 1.47. The number of amides is 1. The number of piperazine rings is 1. The van der Waals surface area contributed by atoms with Crippen molar-refractivity contribution in [2.24, 2.45) is 0 Å². The molecule has 2 aromatic heterocycles. The molecule has 0 spiro atoms. The number of fused-ring (bicyclic) bond motifs is 1. The molecule has 1 aliphatic heterocycles. The number of alkyl halides is 3. The average molecular weight is 421 g/mol. The summed E-state index contributed by atoms with van der Waals surface area (Å²) < 4.78 is 53.9. The number of nitrogens with zero attached hydrogens (tertiary/aromatic N) is 5. The van der Waals surface area contributed by atoms with Gasteiger partial charge in [-0.3, -0.25) is 9.69 Å². The molecule has 0 N–H and O–H groups in total. The number of halogens is 4. The second-order valence-corrected chi connectivity index (χ2v) is 7.28. The van der Waals surface area contributed by atoms with E-state index in [1.54, 1.807) is 11.0 Å². The van der Waals surface area contributed by atoms with Crippen molar-refractivity contribution in [1.29, 1.82) is 0 Å². The minimum atomic E-state index is -4.61. The van der Waals surface area contributed by atoms with Crippen LogP contribution in [0.5, 0.6) is 0 Å². The van der Waals surface area contributed by atoms with E-state index in [4.69, 9.17) is 0 Å². The van der Waals surface area contributed by atoms with E-state index in [-0.39, 0.29) is 22.9 Å². The number of hydrogen-bond acceptors (Lipinski definition) is 4. The number of aromatic nitrogens is 3. The van der Waals surface area contributed by atoms with E-state index in [1.165, 1.54) is 25.1 Å². The maximum Gasteiger partial charge on any atom is 0.433 e. The Morgan fingerprint density at radius 1 is 1.10 bits per heavy atom. The fourth-order valence-corrected chi connectivity index (χ4v) is 3.57. The summed E-state index contributed by atoms with van der Waals surface area (Å²) in [5, 5.41) is 3.88. The smallest absolute Gasteiger partial charge is 0.335 e. The highest BCUT2D eigenvalue weighted by atomic mass is 19.4. The van der Waals surface area contributed by atoms with Gasteiger partial charge in [-0.15, -0.1) is 0 Å². The molecular weight excluding hydrogens is 402 g/mol. The van der Waals surface area contributed by atoms with E-state index in [9.17, 15) is 22.4 Å². The molecule has 158 valence electrons. The summed E-state index contributed by atoms with van der Waals surface area (Å²) in [4.78, 5) is 20.5. The quantitative estimate of drug-likeness (QED) is 0.610. The van der Waals surface area contributed by atoms with Crippen LogP contribution in [0.15, 0.2) is 36.4 Å². The lowest BCUT2D eigenvalue weighted by Gasteiger charge is -2.34. The van der Waals surface area contributed by atoms with E-state index in [1.807, 2.05) is 6.07 Å². The fourth-order valence-electron chi connectivity index (χ4n) is 3.57. The first-order chi connectivity index (χ1) is 14.2. The summed E-state index contributed by atoms with van der Waals surface area (Å²) in [7, 11) is 0. The molecule has 0 radical (unpaired) electrons. The molecule has 6 nitrogen and oxygen atoms in total. The van der Waals surface area contributed by atoms with Crippen LogP contribution >= 0.6 is 0 Å². The molecule has 0 aliphatic carbocycles. The van der Waals surface area contributed by atoms with Crippen molar-refractivity contribution in [2.75, 3.05) is 26.2 Å². The largest absolute Gasteiger partial charge is 0.433 e. The molecule has 1 fully saturated rings. The highest BCUT2D eigenvalue weighted by Gasteiger charge is 2.35. The predicted octanol–water partition coefficient (Wildman–Crippen LogP) is 3.15. The zero-order valence-corrected chi connectivity index (χ0v) is 16.2. The van der Waals surface area contributed by atoms with Crippen molar-refractivity contribution in [3.05, 3.63) is 64.9 Å². The second-order valence-electron chi connectivity index (χ2n) is 7.28. The van der Waals surface area contributed by atoms with Gasteiger partial charge < -0.3 is 4.90 Å². The van der Waals surface area contributed by atoms with Gasteiger partial charge in [0.15, 0.2) is 11.3 Å². The molecule has 1 amide bonds. The molecule has 0 unspecified atom stereocenters. The van der Waals surface area contributed by atoms with Gasteiger partial charge in [-0.25, -0.2) is 13.9 Å². The number of benzene rings is 1. The molecule has 0 atom stereocenters. The number of carbonyl (C=O) groups excluding carboxylic acids is 1. The lowest BCUT2D eigenvalue weighted by atomic mass is 10.2. The SMILES string of the molecule is Cc1cc(C(F)(F)F)n2nc(C(=O)N3CCN(Cc4cccc(F)c4)CC3)cc2n1. The van der Waals surface area contributed by atoms with Crippen LogP contribution in [0.1, 0.15) is 27.4 Å². The van der Waals surface area contributed by atoms with Crippen LogP contribution in [0.4, 0.5) is 17.6 Å². The lowest BCUT2D eigenvalue weighted by Crippen LogP contribution is -2.48. The Bertz CT molecular complexity index is 1090. The zero-order chi connectivity index (χ0) is 21.5. The normalized spacial score (nSPS) is 15.7. The van der Waals surface area contributed by atoms with Crippen LogP contribution in [-0.4, -0.2) is 56.5 Å². The van der Waals surface area contributed by atoms with Crippen molar-refractivity contribution >= 4 is 11.6 Å². The van der Waals surface area contributed by atoms with Crippen LogP contribution in [0, 0.1) is 12.7 Å². The fraction of sp³-hybridized carbons (Fsp3) is 0.350. The van der Waals surface area contributed by atoms with E-state index in [2.05, 4.69) is 15.0 Å². The van der Waals surface area contributed by atoms with Crippen LogP contribution in [-0.2, 0) is 12.7 Å². The Hall–Kier alpha value is -3.01. The molecule has 0 bridgehead atoms. The first kappa shape index (κ1) is 20.3. The van der Waals surface area contributed by atoms with Gasteiger partial charge in [-0.05, 0) is 30.7 Å². The second kappa shape index (κ2) is 7.67. The maximum absolute atomic E-state index is 13.3. The summed E-state index contributed by atoms with van der Waals surface area (Å²) in [6, 6.07) is 8.53. The van der Waals surface area contributed by atoms with E-state index < -0.39 is 17.8 Å². The van der Waals surface area contributed by atoms with Crippen LogP contribution < -0.4 is 0 Å². The van der Waals surface area contributed by atoms with E-state index >= 15 is 0 Å². The van der Waals surface area contributed by atoms with Gasteiger partial charge in [0.2, 0.25) is 0 Å². The topological polar surface area (TPSA) is 53.7 Å². The zero-order valence-electron chi connectivity index (χ0n) is 16.2. The molecular formula is C20H19F4N5O. The van der Waals surface area contributed by atoms with Gasteiger partial charge in [0, 0.05) is 44.5 Å². The van der Waals surface area contributed by atoms with E-state index in [0.29, 0.717) is 37.2 Å². The first-order valence-corrected chi connectivity index (χ1v) is 9.41. The Kier molecular flexibility index (Phi) is 5.19. The Labute approximate surface area is 169 Å². The molecule has 1 aromatic carbocycles. The monoisotopic (exact) mass is 421 g/mol. The Morgan fingerprint density at radius 2 is 1.83 bits per heavy atom. The molecule has 1 saturated heterocycles. The van der Waals surface area contributed by atoms with Gasteiger partial charge in [0.1, 0.15) is 11.5 Å². The predicted molar refractivity (Wildman–Crippen MR) is 100 cm³/mol. The van der Waals surface area contributed by atoms with Crippen molar-refractivity contribution < 1.29 is 22.4 Å².